The van der Waals surface area contributed by atoms with Gasteiger partial charge >= 0.3 is 6.03 Å². The predicted octanol–water partition coefficient (Wildman–Crippen LogP) is 2.50. The van der Waals surface area contributed by atoms with E-state index in [1.807, 2.05) is 29.7 Å². The van der Waals surface area contributed by atoms with Crippen molar-refractivity contribution in [3.63, 3.8) is 0 Å². The molecule has 1 aromatic rings. The SMILES string of the molecule is CCN(CC)C(=O)N1CCC(C(=O)NCc2cc(OC)c(OC)cc2OC)CC1. The van der Waals surface area contributed by atoms with Crippen molar-refractivity contribution >= 4 is 11.9 Å². The van der Waals surface area contributed by atoms with Gasteiger partial charge < -0.3 is 29.3 Å². The third-order valence-electron chi connectivity index (χ3n) is 5.41. The number of ether oxygens (including phenoxy) is 3. The van der Waals surface area contributed by atoms with Gasteiger partial charge in [0.05, 0.1) is 21.3 Å². The molecule has 0 unspecified atom stereocenters. The predicted molar refractivity (Wildman–Crippen MR) is 111 cm³/mol. The van der Waals surface area contributed by atoms with Gasteiger partial charge in [0.15, 0.2) is 11.5 Å². The monoisotopic (exact) mass is 407 g/mol. The lowest BCUT2D eigenvalue weighted by Gasteiger charge is -2.34. The summed E-state index contributed by atoms with van der Waals surface area (Å²) in [5, 5.41) is 2.99. The molecule has 8 nitrogen and oxygen atoms in total. The molecule has 0 aliphatic carbocycles. The number of carbonyl (C=O) groups is 2. The van der Waals surface area contributed by atoms with Gasteiger partial charge in [-0.05, 0) is 32.8 Å². The van der Waals surface area contributed by atoms with Gasteiger partial charge in [0.1, 0.15) is 5.75 Å². The summed E-state index contributed by atoms with van der Waals surface area (Å²) < 4.78 is 16.0. The number of hydrogen-bond acceptors (Lipinski definition) is 5. The minimum Gasteiger partial charge on any atom is -0.496 e. The highest BCUT2D eigenvalue weighted by Crippen LogP contribution is 2.34. The quantitative estimate of drug-likeness (QED) is 0.716. The average Bonchev–Trinajstić information content (AvgIpc) is 2.77. The van der Waals surface area contributed by atoms with Crippen molar-refractivity contribution in [3.05, 3.63) is 17.7 Å². The molecule has 162 valence electrons. The molecule has 1 aliphatic heterocycles. The summed E-state index contributed by atoms with van der Waals surface area (Å²) in [6.07, 6.45) is 1.34. The molecule has 29 heavy (non-hydrogen) atoms. The fourth-order valence-electron chi connectivity index (χ4n) is 3.58. The normalized spacial score (nSPS) is 14.3. The molecule has 0 spiro atoms. The van der Waals surface area contributed by atoms with Crippen LogP contribution in [0.5, 0.6) is 17.2 Å². The van der Waals surface area contributed by atoms with Crippen LogP contribution in [-0.2, 0) is 11.3 Å². The molecule has 3 amide bonds. The first-order chi connectivity index (χ1) is 14.0. The van der Waals surface area contributed by atoms with Crippen LogP contribution in [-0.4, -0.2) is 69.2 Å². The molecule has 0 bridgehead atoms. The van der Waals surface area contributed by atoms with Crippen molar-refractivity contribution in [1.29, 1.82) is 0 Å². The van der Waals surface area contributed by atoms with E-state index in [-0.39, 0.29) is 17.9 Å². The zero-order valence-electron chi connectivity index (χ0n) is 18.1. The standard InChI is InChI=1S/C21H33N3O5/c1-6-23(7-2)21(26)24-10-8-15(9-11-24)20(25)22-14-16-12-18(28-4)19(29-5)13-17(16)27-3/h12-13,15H,6-11,14H2,1-5H3,(H,22,25). The maximum atomic E-state index is 12.6. The van der Waals surface area contributed by atoms with Crippen LogP contribution < -0.4 is 19.5 Å². The Labute approximate surface area is 173 Å². The van der Waals surface area contributed by atoms with Crippen LogP contribution in [0.4, 0.5) is 4.79 Å². The van der Waals surface area contributed by atoms with E-state index in [4.69, 9.17) is 14.2 Å². The minimum absolute atomic E-state index is 0.00299. The van der Waals surface area contributed by atoms with E-state index in [1.54, 1.807) is 27.4 Å². The molecule has 1 saturated heterocycles. The molecule has 2 rings (SSSR count). The van der Waals surface area contributed by atoms with Gasteiger partial charge in [0.2, 0.25) is 5.91 Å². The summed E-state index contributed by atoms with van der Waals surface area (Å²) in [6, 6.07) is 3.62. The smallest absolute Gasteiger partial charge is 0.319 e. The molecule has 0 aromatic heterocycles. The van der Waals surface area contributed by atoms with Crippen molar-refractivity contribution < 1.29 is 23.8 Å². The Hall–Kier alpha value is -2.64. The fourth-order valence-corrected chi connectivity index (χ4v) is 3.58. The Morgan fingerprint density at radius 2 is 1.55 bits per heavy atom. The van der Waals surface area contributed by atoms with Crippen molar-refractivity contribution in [1.82, 2.24) is 15.1 Å². The number of carbonyl (C=O) groups excluding carboxylic acids is 2. The van der Waals surface area contributed by atoms with E-state index < -0.39 is 0 Å². The van der Waals surface area contributed by atoms with Crippen LogP contribution in [0, 0.1) is 5.92 Å². The number of hydrogen-bond donors (Lipinski definition) is 1. The maximum absolute atomic E-state index is 12.6. The molecule has 0 radical (unpaired) electrons. The number of rotatable bonds is 8. The van der Waals surface area contributed by atoms with Crippen molar-refractivity contribution in [2.75, 3.05) is 47.5 Å². The second-order valence-electron chi connectivity index (χ2n) is 6.95. The number of urea groups is 1. The van der Waals surface area contributed by atoms with Crippen LogP contribution in [0.1, 0.15) is 32.3 Å². The molecule has 8 heteroatoms. The van der Waals surface area contributed by atoms with Crippen molar-refractivity contribution in [2.24, 2.45) is 5.92 Å². The van der Waals surface area contributed by atoms with Gasteiger partial charge in [0, 0.05) is 50.3 Å². The Morgan fingerprint density at radius 3 is 2.07 bits per heavy atom. The third kappa shape index (κ3) is 5.46. The van der Waals surface area contributed by atoms with Gasteiger partial charge in [-0.2, -0.15) is 0 Å². The topological polar surface area (TPSA) is 80.3 Å². The summed E-state index contributed by atoms with van der Waals surface area (Å²) in [6.45, 7) is 6.89. The average molecular weight is 408 g/mol. The molecule has 1 heterocycles. The van der Waals surface area contributed by atoms with Crippen molar-refractivity contribution in [2.45, 2.75) is 33.2 Å². The zero-order chi connectivity index (χ0) is 21.4. The second-order valence-corrected chi connectivity index (χ2v) is 6.95. The molecule has 1 aromatic carbocycles. The van der Waals surface area contributed by atoms with Crippen LogP contribution >= 0.6 is 0 Å². The Morgan fingerprint density at radius 1 is 1.00 bits per heavy atom. The van der Waals surface area contributed by atoms with E-state index in [9.17, 15) is 9.59 Å². The lowest BCUT2D eigenvalue weighted by Crippen LogP contribution is -2.48. The lowest BCUT2D eigenvalue weighted by atomic mass is 9.96. The number of benzene rings is 1. The molecular weight excluding hydrogens is 374 g/mol. The molecule has 1 fully saturated rings. The number of nitrogens with one attached hydrogen (secondary N) is 1. The van der Waals surface area contributed by atoms with Gasteiger partial charge in [-0.25, -0.2) is 4.79 Å². The maximum Gasteiger partial charge on any atom is 0.319 e. The number of piperidine rings is 1. The van der Waals surface area contributed by atoms with Crippen LogP contribution in [0.25, 0.3) is 0 Å². The number of nitrogens with zero attached hydrogens (tertiary/aromatic N) is 2. The first kappa shape index (κ1) is 22.6. The van der Waals surface area contributed by atoms with E-state index in [0.29, 0.717) is 62.8 Å². The number of amides is 3. The molecular formula is C21H33N3O5. The Kier molecular flexibility index (Phi) is 8.42. The van der Waals surface area contributed by atoms with E-state index in [2.05, 4.69) is 5.32 Å². The fraction of sp³-hybridized carbons (Fsp3) is 0.619. The first-order valence-corrected chi connectivity index (χ1v) is 10.1. The molecule has 0 atom stereocenters. The third-order valence-corrected chi connectivity index (χ3v) is 5.41. The van der Waals surface area contributed by atoms with Crippen molar-refractivity contribution in [3.8, 4) is 17.2 Å². The number of likely N-dealkylation sites (tertiary alicyclic amines) is 1. The summed E-state index contributed by atoms with van der Waals surface area (Å²) in [5.41, 5.74) is 0.813. The Bertz CT molecular complexity index is 698. The van der Waals surface area contributed by atoms with E-state index in [1.165, 1.54) is 0 Å². The lowest BCUT2D eigenvalue weighted by molar-refractivity contribution is -0.126. The van der Waals surface area contributed by atoms with Gasteiger partial charge in [-0.3, -0.25) is 4.79 Å². The zero-order valence-corrected chi connectivity index (χ0v) is 18.1. The largest absolute Gasteiger partial charge is 0.496 e. The van der Waals surface area contributed by atoms with Gasteiger partial charge in [-0.1, -0.05) is 0 Å². The highest BCUT2D eigenvalue weighted by atomic mass is 16.5. The van der Waals surface area contributed by atoms with Crippen LogP contribution in [0.3, 0.4) is 0 Å². The van der Waals surface area contributed by atoms with E-state index >= 15 is 0 Å². The van der Waals surface area contributed by atoms with E-state index in [0.717, 1.165) is 5.56 Å². The molecule has 1 N–H and O–H groups in total. The second kappa shape index (κ2) is 10.8. The highest BCUT2D eigenvalue weighted by molar-refractivity contribution is 5.79. The molecule has 1 aliphatic rings. The molecule has 0 saturated carbocycles. The Balaban J connectivity index is 1.93. The van der Waals surface area contributed by atoms with Gasteiger partial charge in [-0.15, -0.1) is 0 Å². The highest BCUT2D eigenvalue weighted by Gasteiger charge is 2.29. The minimum atomic E-state index is -0.0955. The summed E-state index contributed by atoms with van der Waals surface area (Å²) >= 11 is 0. The van der Waals surface area contributed by atoms with Gasteiger partial charge in [0.25, 0.3) is 0 Å². The van der Waals surface area contributed by atoms with Crippen LogP contribution in [0.15, 0.2) is 12.1 Å². The summed E-state index contributed by atoms with van der Waals surface area (Å²) in [5.74, 6) is 1.69. The van der Waals surface area contributed by atoms with Crippen LogP contribution in [0.2, 0.25) is 0 Å². The summed E-state index contributed by atoms with van der Waals surface area (Å²) in [4.78, 5) is 28.7. The summed E-state index contributed by atoms with van der Waals surface area (Å²) in [7, 11) is 4.71. The first-order valence-electron chi connectivity index (χ1n) is 10.1. The number of methoxy groups -OCH3 is 3.